The summed E-state index contributed by atoms with van der Waals surface area (Å²) in [6.45, 7) is 6.95. The summed E-state index contributed by atoms with van der Waals surface area (Å²) < 4.78 is 5.71. The lowest BCUT2D eigenvalue weighted by molar-refractivity contribution is 0.289. The van der Waals surface area contributed by atoms with Gasteiger partial charge in [0.2, 0.25) is 0 Å². The topological polar surface area (TPSA) is 34.1 Å². The van der Waals surface area contributed by atoms with Crippen molar-refractivity contribution in [3.05, 3.63) is 46.4 Å². The van der Waals surface area contributed by atoms with Gasteiger partial charge >= 0.3 is 0 Å². The molecular formula is C16H22N2OS. The first kappa shape index (κ1) is 15.0. The summed E-state index contributed by atoms with van der Waals surface area (Å²) in [6, 6.07) is 8.32. The molecule has 1 aromatic carbocycles. The molecule has 0 saturated carbocycles. The highest BCUT2D eigenvalue weighted by molar-refractivity contribution is 7.09. The first-order valence-electron chi connectivity index (χ1n) is 7.04. The number of hydrogen-bond acceptors (Lipinski definition) is 4. The Morgan fingerprint density at radius 1 is 1.20 bits per heavy atom. The molecule has 20 heavy (non-hydrogen) atoms. The standard InChI is InChI=1S/C16H22N2OS/c1-13(2)7-8-19-15-5-3-14(4-6-15)9-17-10-16-11-18-12-20-16/h3-6,11-13,17H,7-10H2,1-2H3. The molecule has 0 amide bonds. The highest BCUT2D eigenvalue weighted by Crippen LogP contribution is 2.13. The Morgan fingerprint density at radius 3 is 2.65 bits per heavy atom. The number of nitrogens with zero attached hydrogens (tertiary/aromatic N) is 1. The zero-order chi connectivity index (χ0) is 14.2. The van der Waals surface area contributed by atoms with E-state index in [1.807, 2.05) is 23.8 Å². The van der Waals surface area contributed by atoms with Crippen LogP contribution in [0.5, 0.6) is 5.75 Å². The van der Waals surface area contributed by atoms with Crippen LogP contribution in [0.15, 0.2) is 36.0 Å². The third-order valence-corrected chi connectivity index (χ3v) is 3.78. The molecule has 0 atom stereocenters. The van der Waals surface area contributed by atoms with Crippen LogP contribution < -0.4 is 10.1 Å². The number of rotatable bonds is 8. The molecule has 1 heterocycles. The molecule has 2 aromatic rings. The molecule has 1 aromatic heterocycles. The highest BCUT2D eigenvalue weighted by Gasteiger charge is 1.99. The average molecular weight is 290 g/mol. The van der Waals surface area contributed by atoms with Crippen LogP contribution in [-0.2, 0) is 13.1 Å². The molecule has 0 spiro atoms. The smallest absolute Gasteiger partial charge is 0.119 e. The molecule has 0 radical (unpaired) electrons. The Kier molecular flexibility index (Phi) is 6.02. The zero-order valence-electron chi connectivity index (χ0n) is 12.1. The van der Waals surface area contributed by atoms with Crippen LogP contribution in [0.25, 0.3) is 0 Å². The second-order valence-corrected chi connectivity index (χ2v) is 6.22. The van der Waals surface area contributed by atoms with E-state index in [0.29, 0.717) is 5.92 Å². The predicted molar refractivity (Wildman–Crippen MR) is 84.0 cm³/mol. The van der Waals surface area contributed by atoms with E-state index >= 15 is 0 Å². The molecule has 0 aliphatic carbocycles. The van der Waals surface area contributed by atoms with Gasteiger partial charge < -0.3 is 10.1 Å². The van der Waals surface area contributed by atoms with Crippen molar-refractivity contribution in [2.45, 2.75) is 33.4 Å². The Balaban J connectivity index is 1.71. The Bertz CT molecular complexity index is 480. The summed E-state index contributed by atoms with van der Waals surface area (Å²) in [5.74, 6) is 1.64. The van der Waals surface area contributed by atoms with Gasteiger partial charge in [0, 0.05) is 24.2 Å². The molecular weight excluding hydrogens is 268 g/mol. The lowest BCUT2D eigenvalue weighted by Crippen LogP contribution is -2.11. The molecule has 0 saturated heterocycles. The Labute approximate surface area is 125 Å². The van der Waals surface area contributed by atoms with Gasteiger partial charge in [-0.1, -0.05) is 26.0 Å². The fraction of sp³-hybridized carbons (Fsp3) is 0.438. The summed E-state index contributed by atoms with van der Waals surface area (Å²) >= 11 is 1.68. The van der Waals surface area contributed by atoms with Crippen molar-refractivity contribution in [1.29, 1.82) is 0 Å². The molecule has 0 fully saturated rings. The van der Waals surface area contributed by atoms with E-state index in [1.54, 1.807) is 11.3 Å². The van der Waals surface area contributed by atoms with Crippen LogP contribution in [0.3, 0.4) is 0 Å². The van der Waals surface area contributed by atoms with E-state index in [9.17, 15) is 0 Å². The van der Waals surface area contributed by atoms with E-state index in [1.165, 1.54) is 10.4 Å². The van der Waals surface area contributed by atoms with Crippen molar-refractivity contribution in [2.75, 3.05) is 6.61 Å². The quantitative estimate of drug-likeness (QED) is 0.801. The van der Waals surface area contributed by atoms with Crippen molar-refractivity contribution in [1.82, 2.24) is 10.3 Å². The molecule has 2 rings (SSSR count). The van der Waals surface area contributed by atoms with E-state index in [4.69, 9.17) is 4.74 Å². The molecule has 0 aliphatic rings. The molecule has 0 aliphatic heterocycles. The number of thiazole rings is 1. The molecule has 1 N–H and O–H groups in total. The van der Waals surface area contributed by atoms with Gasteiger partial charge in [-0.15, -0.1) is 11.3 Å². The minimum Gasteiger partial charge on any atom is -0.494 e. The largest absolute Gasteiger partial charge is 0.494 e. The van der Waals surface area contributed by atoms with Crippen LogP contribution in [0.1, 0.15) is 30.7 Å². The van der Waals surface area contributed by atoms with Gasteiger partial charge in [-0.05, 0) is 30.0 Å². The minimum atomic E-state index is 0.685. The summed E-state index contributed by atoms with van der Waals surface area (Å²) in [4.78, 5) is 5.32. The normalized spacial score (nSPS) is 10.9. The van der Waals surface area contributed by atoms with Crippen molar-refractivity contribution in [3.63, 3.8) is 0 Å². The van der Waals surface area contributed by atoms with E-state index in [-0.39, 0.29) is 0 Å². The minimum absolute atomic E-state index is 0.685. The lowest BCUT2D eigenvalue weighted by Gasteiger charge is -2.09. The van der Waals surface area contributed by atoms with Gasteiger partial charge in [0.05, 0.1) is 12.1 Å². The van der Waals surface area contributed by atoms with Gasteiger partial charge in [-0.3, -0.25) is 4.98 Å². The van der Waals surface area contributed by atoms with Gasteiger partial charge in [0.1, 0.15) is 5.75 Å². The molecule has 4 heteroatoms. The predicted octanol–water partition coefficient (Wildman–Crippen LogP) is 3.86. The number of benzene rings is 1. The molecule has 3 nitrogen and oxygen atoms in total. The summed E-state index contributed by atoms with van der Waals surface area (Å²) in [6.07, 6.45) is 3.00. The maximum Gasteiger partial charge on any atom is 0.119 e. The first-order valence-corrected chi connectivity index (χ1v) is 7.92. The third kappa shape index (κ3) is 5.31. The van der Waals surface area contributed by atoms with Gasteiger partial charge in [0.15, 0.2) is 0 Å². The van der Waals surface area contributed by atoms with Crippen LogP contribution in [0, 0.1) is 5.92 Å². The van der Waals surface area contributed by atoms with Crippen LogP contribution in [0.2, 0.25) is 0 Å². The van der Waals surface area contributed by atoms with Gasteiger partial charge in [-0.2, -0.15) is 0 Å². The zero-order valence-corrected chi connectivity index (χ0v) is 13.0. The molecule has 0 bridgehead atoms. The lowest BCUT2D eigenvalue weighted by atomic mass is 10.1. The van der Waals surface area contributed by atoms with Crippen LogP contribution in [0.4, 0.5) is 0 Å². The second kappa shape index (κ2) is 8.02. The maximum atomic E-state index is 5.71. The summed E-state index contributed by atoms with van der Waals surface area (Å²) in [7, 11) is 0. The fourth-order valence-electron chi connectivity index (χ4n) is 1.78. The maximum absolute atomic E-state index is 5.71. The van der Waals surface area contributed by atoms with Crippen molar-refractivity contribution < 1.29 is 4.74 Å². The third-order valence-electron chi connectivity index (χ3n) is 3.00. The highest BCUT2D eigenvalue weighted by atomic mass is 32.1. The number of aromatic nitrogens is 1. The van der Waals surface area contributed by atoms with E-state index in [0.717, 1.165) is 31.9 Å². The van der Waals surface area contributed by atoms with E-state index in [2.05, 4.69) is 36.3 Å². The Morgan fingerprint density at radius 2 is 2.00 bits per heavy atom. The van der Waals surface area contributed by atoms with Crippen molar-refractivity contribution in [3.8, 4) is 5.75 Å². The average Bonchev–Trinajstić information content (AvgIpc) is 2.93. The van der Waals surface area contributed by atoms with Gasteiger partial charge in [0.25, 0.3) is 0 Å². The summed E-state index contributed by atoms with van der Waals surface area (Å²) in [5, 5.41) is 3.41. The fourth-order valence-corrected chi connectivity index (χ4v) is 2.34. The van der Waals surface area contributed by atoms with Crippen LogP contribution >= 0.6 is 11.3 Å². The van der Waals surface area contributed by atoms with E-state index < -0.39 is 0 Å². The number of nitrogens with one attached hydrogen (secondary N) is 1. The van der Waals surface area contributed by atoms with Gasteiger partial charge in [-0.25, -0.2) is 0 Å². The van der Waals surface area contributed by atoms with Crippen molar-refractivity contribution in [2.24, 2.45) is 5.92 Å². The first-order chi connectivity index (χ1) is 9.74. The number of hydrogen-bond donors (Lipinski definition) is 1. The number of ether oxygens (including phenoxy) is 1. The summed E-state index contributed by atoms with van der Waals surface area (Å²) in [5.41, 5.74) is 3.13. The van der Waals surface area contributed by atoms with Crippen LogP contribution in [-0.4, -0.2) is 11.6 Å². The molecule has 108 valence electrons. The SMILES string of the molecule is CC(C)CCOc1ccc(CNCc2cncs2)cc1. The monoisotopic (exact) mass is 290 g/mol. The Hall–Kier alpha value is -1.39. The van der Waals surface area contributed by atoms with Crippen molar-refractivity contribution >= 4 is 11.3 Å². The second-order valence-electron chi connectivity index (χ2n) is 5.25. The molecule has 0 unspecified atom stereocenters.